The minimum atomic E-state index is -0.666. The van der Waals surface area contributed by atoms with Gasteiger partial charge in [-0.3, -0.25) is 9.69 Å². The SMILES string of the molecule is O=C(O)CN1CC2C3CCC(C3)C21. The van der Waals surface area contributed by atoms with Crippen LogP contribution in [0.1, 0.15) is 19.3 Å². The Morgan fingerprint density at radius 2 is 2.15 bits per heavy atom. The van der Waals surface area contributed by atoms with Gasteiger partial charge in [0.2, 0.25) is 0 Å². The van der Waals surface area contributed by atoms with Crippen LogP contribution in [0.15, 0.2) is 0 Å². The Balaban J connectivity index is 1.69. The summed E-state index contributed by atoms with van der Waals surface area (Å²) in [6.45, 7) is 1.32. The fourth-order valence-electron chi connectivity index (χ4n) is 3.80. The summed E-state index contributed by atoms with van der Waals surface area (Å²) >= 11 is 0. The number of likely N-dealkylation sites (tertiary alicyclic amines) is 1. The number of rotatable bonds is 2. The molecule has 3 fully saturated rings. The molecule has 3 heteroatoms. The maximum atomic E-state index is 10.6. The van der Waals surface area contributed by atoms with E-state index in [9.17, 15) is 4.79 Å². The van der Waals surface area contributed by atoms with Crippen molar-refractivity contribution in [2.75, 3.05) is 13.1 Å². The summed E-state index contributed by atoms with van der Waals surface area (Å²) in [5.74, 6) is 1.97. The Labute approximate surface area is 77.7 Å². The molecule has 2 saturated carbocycles. The van der Waals surface area contributed by atoms with Gasteiger partial charge >= 0.3 is 5.97 Å². The molecule has 0 aromatic rings. The molecule has 1 saturated heterocycles. The van der Waals surface area contributed by atoms with E-state index in [0.717, 1.165) is 24.3 Å². The Kier molecular flexibility index (Phi) is 1.48. The van der Waals surface area contributed by atoms with Gasteiger partial charge in [-0.2, -0.15) is 0 Å². The van der Waals surface area contributed by atoms with E-state index in [4.69, 9.17) is 5.11 Å². The summed E-state index contributed by atoms with van der Waals surface area (Å²) in [5.41, 5.74) is 0. The molecule has 1 N–H and O–H groups in total. The third-order valence-electron chi connectivity index (χ3n) is 4.25. The lowest BCUT2D eigenvalue weighted by atomic mass is 9.77. The standard InChI is InChI=1S/C10H15NO2/c12-9(13)5-11-4-8-6-1-2-7(3-6)10(8)11/h6-8,10H,1-5H2,(H,12,13). The Hall–Kier alpha value is -0.570. The number of nitrogens with zero attached hydrogens (tertiary/aromatic N) is 1. The number of hydrogen-bond donors (Lipinski definition) is 1. The average Bonchev–Trinajstić information content (AvgIpc) is 2.54. The van der Waals surface area contributed by atoms with Crippen molar-refractivity contribution in [1.29, 1.82) is 0 Å². The molecule has 1 heterocycles. The van der Waals surface area contributed by atoms with Crippen molar-refractivity contribution in [2.45, 2.75) is 25.3 Å². The molecule has 0 aromatic carbocycles. The van der Waals surface area contributed by atoms with Gasteiger partial charge in [-0.05, 0) is 37.0 Å². The van der Waals surface area contributed by atoms with E-state index in [-0.39, 0.29) is 6.54 Å². The smallest absolute Gasteiger partial charge is 0.317 e. The Morgan fingerprint density at radius 3 is 2.85 bits per heavy atom. The molecule has 0 radical (unpaired) electrons. The third kappa shape index (κ3) is 0.966. The highest BCUT2D eigenvalue weighted by Crippen LogP contribution is 2.55. The molecule has 4 atom stereocenters. The van der Waals surface area contributed by atoms with Crippen LogP contribution >= 0.6 is 0 Å². The molecule has 2 bridgehead atoms. The first-order chi connectivity index (χ1) is 6.25. The number of hydrogen-bond acceptors (Lipinski definition) is 2. The highest BCUT2D eigenvalue weighted by Gasteiger charge is 2.56. The van der Waals surface area contributed by atoms with Crippen molar-refractivity contribution in [2.24, 2.45) is 17.8 Å². The zero-order valence-electron chi connectivity index (χ0n) is 7.65. The number of fused-ring (bicyclic) bond motifs is 5. The average molecular weight is 181 g/mol. The molecule has 1 aliphatic heterocycles. The van der Waals surface area contributed by atoms with Gasteiger partial charge in [-0.25, -0.2) is 0 Å². The van der Waals surface area contributed by atoms with Crippen molar-refractivity contribution in [1.82, 2.24) is 4.90 Å². The molecule has 13 heavy (non-hydrogen) atoms. The van der Waals surface area contributed by atoms with Crippen LogP contribution in [0, 0.1) is 17.8 Å². The number of carboxylic acids is 1. The van der Waals surface area contributed by atoms with Gasteiger partial charge in [0.1, 0.15) is 0 Å². The van der Waals surface area contributed by atoms with E-state index in [0.29, 0.717) is 6.04 Å². The van der Waals surface area contributed by atoms with E-state index < -0.39 is 5.97 Å². The van der Waals surface area contributed by atoms with Crippen molar-refractivity contribution >= 4 is 5.97 Å². The van der Waals surface area contributed by atoms with Crippen molar-refractivity contribution in [3.8, 4) is 0 Å². The van der Waals surface area contributed by atoms with E-state index in [1.54, 1.807) is 0 Å². The molecule has 3 nitrogen and oxygen atoms in total. The zero-order chi connectivity index (χ0) is 9.00. The molecule has 3 aliphatic rings. The molecule has 0 amide bonds. The van der Waals surface area contributed by atoms with Gasteiger partial charge in [0.25, 0.3) is 0 Å². The van der Waals surface area contributed by atoms with Gasteiger partial charge in [-0.15, -0.1) is 0 Å². The molecule has 0 spiro atoms. The zero-order valence-corrected chi connectivity index (χ0v) is 7.65. The van der Waals surface area contributed by atoms with Gasteiger partial charge in [0.05, 0.1) is 6.54 Å². The van der Waals surface area contributed by atoms with Gasteiger partial charge < -0.3 is 5.11 Å². The predicted molar refractivity (Wildman–Crippen MR) is 47.3 cm³/mol. The Bertz CT molecular complexity index is 251. The summed E-state index contributed by atoms with van der Waals surface area (Å²) in [4.78, 5) is 12.7. The molecular weight excluding hydrogens is 166 g/mol. The first-order valence-electron chi connectivity index (χ1n) is 5.21. The van der Waals surface area contributed by atoms with Crippen LogP contribution < -0.4 is 0 Å². The molecular formula is C10H15NO2. The van der Waals surface area contributed by atoms with Crippen LogP contribution in [0.5, 0.6) is 0 Å². The van der Waals surface area contributed by atoms with Crippen LogP contribution in [0.2, 0.25) is 0 Å². The number of carboxylic acid groups (broad SMARTS) is 1. The topological polar surface area (TPSA) is 40.5 Å². The summed E-state index contributed by atoms with van der Waals surface area (Å²) in [5, 5.41) is 8.70. The van der Waals surface area contributed by atoms with E-state index >= 15 is 0 Å². The molecule has 3 rings (SSSR count). The normalized spacial score (nSPS) is 47.4. The maximum absolute atomic E-state index is 10.6. The molecule has 72 valence electrons. The second-order valence-corrected chi connectivity index (χ2v) is 4.81. The van der Waals surface area contributed by atoms with E-state index in [1.165, 1.54) is 19.3 Å². The predicted octanol–water partition coefficient (Wildman–Crippen LogP) is 0.801. The van der Waals surface area contributed by atoms with Crippen molar-refractivity contribution in [3.63, 3.8) is 0 Å². The van der Waals surface area contributed by atoms with E-state index in [2.05, 4.69) is 4.90 Å². The van der Waals surface area contributed by atoms with Crippen molar-refractivity contribution < 1.29 is 9.90 Å². The maximum Gasteiger partial charge on any atom is 0.317 e. The second-order valence-electron chi connectivity index (χ2n) is 4.81. The third-order valence-corrected chi connectivity index (χ3v) is 4.25. The van der Waals surface area contributed by atoms with Crippen LogP contribution in [0.3, 0.4) is 0 Å². The molecule has 0 aromatic heterocycles. The first-order valence-corrected chi connectivity index (χ1v) is 5.21. The van der Waals surface area contributed by atoms with Crippen molar-refractivity contribution in [3.05, 3.63) is 0 Å². The summed E-state index contributed by atoms with van der Waals surface area (Å²) < 4.78 is 0. The highest BCUT2D eigenvalue weighted by atomic mass is 16.4. The number of aliphatic carboxylic acids is 1. The van der Waals surface area contributed by atoms with Gasteiger partial charge in [-0.1, -0.05) is 0 Å². The van der Waals surface area contributed by atoms with Crippen LogP contribution in [-0.2, 0) is 4.79 Å². The lowest BCUT2D eigenvalue weighted by molar-refractivity contribution is -0.143. The lowest BCUT2D eigenvalue weighted by Gasteiger charge is -2.50. The lowest BCUT2D eigenvalue weighted by Crippen LogP contribution is -2.59. The van der Waals surface area contributed by atoms with Crippen LogP contribution in [0.25, 0.3) is 0 Å². The number of carbonyl (C=O) groups is 1. The summed E-state index contributed by atoms with van der Waals surface area (Å²) in [6.07, 6.45) is 4.14. The largest absolute Gasteiger partial charge is 0.480 e. The van der Waals surface area contributed by atoms with Gasteiger partial charge in [0.15, 0.2) is 0 Å². The minimum absolute atomic E-state index is 0.268. The fraction of sp³-hybridized carbons (Fsp3) is 0.900. The summed E-state index contributed by atoms with van der Waals surface area (Å²) in [7, 11) is 0. The quantitative estimate of drug-likeness (QED) is 0.685. The van der Waals surface area contributed by atoms with Crippen LogP contribution in [0.4, 0.5) is 0 Å². The van der Waals surface area contributed by atoms with Gasteiger partial charge in [0, 0.05) is 12.6 Å². The Morgan fingerprint density at radius 1 is 1.38 bits per heavy atom. The monoisotopic (exact) mass is 181 g/mol. The van der Waals surface area contributed by atoms with E-state index in [1.807, 2.05) is 0 Å². The second kappa shape index (κ2) is 2.47. The van der Waals surface area contributed by atoms with Crippen LogP contribution in [-0.4, -0.2) is 35.1 Å². The minimum Gasteiger partial charge on any atom is -0.480 e. The highest BCUT2D eigenvalue weighted by molar-refractivity contribution is 5.69. The fourth-order valence-corrected chi connectivity index (χ4v) is 3.80. The summed E-state index contributed by atoms with van der Waals surface area (Å²) in [6, 6.07) is 0.648. The first kappa shape index (κ1) is 7.80. The molecule has 4 unspecified atom stereocenters. The molecule has 2 aliphatic carbocycles.